The van der Waals surface area contributed by atoms with Crippen LogP contribution in [0, 0.1) is 0 Å². The van der Waals surface area contributed by atoms with Crippen LogP contribution in [-0.4, -0.2) is 21.1 Å². The van der Waals surface area contributed by atoms with Crippen LogP contribution in [-0.2, 0) is 6.61 Å². The van der Waals surface area contributed by atoms with Gasteiger partial charge >= 0.3 is 0 Å². The van der Waals surface area contributed by atoms with E-state index in [1.807, 2.05) is 53.9 Å². The molecule has 2 heterocycles. The van der Waals surface area contributed by atoms with Gasteiger partial charge in [-0.3, -0.25) is 4.40 Å². The van der Waals surface area contributed by atoms with Crippen molar-refractivity contribution < 1.29 is 9.84 Å². The number of nitrogens with zero attached hydrogens (tertiary/aromatic N) is 4. The van der Waals surface area contributed by atoms with Crippen LogP contribution in [0.15, 0.2) is 52.8 Å². The molecule has 2 aromatic heterocycles. The smallest absolute Gasteiger partial charge is 0.183 e. The van der Waals surface area contributed by atoms with Gasteiger partial charge in [-0.25, -0.2) is 4.98 Å². The van der Waals surface area contributed by atoms with E-state index in [9.17, 15) is 5.11 Å². The van der Waals surface area contributed by atoms with Gasteiger partial charge in [0.05, 0.1) is 18.9 Å². The third-order valence-corrected chi connectivity index (χ3v) is 3.84. The lowest BCUT2D eigenvalue weighted by molar-refractivity contribution is 0.282. The molecule has 6 heteroatoms. The first-order valence-electron chi connectivity index (χ1n) is 8.39. The lowest BCUT2D eigenvalue weighted by Gasteiger charge is -2.05. The van der Waals surface area contributed by atoms with Crippen LogP contribution < -0.4 is 4.74 Å². The van der Waals surface area contributed by atoms with Gasteiger partial charge in [0, 0.05) is 6.20 Å². The van der Waals surface area contributed by atoms with Crippen molar-refractivity contribution in [3.8, 4) is 5.75 Å². The number of aromatic nitrogens is 2. The molecule has 3 rings (SSSR count). The van der Waals surface area contributed by atoms with Gasteiger partial charge in [0.25, 0.3) is 0 Å². The molecule has 130 valence electrons. The molecule has 0 saturated carbocycles. The van der Waals surface area contributed by atoms with Gasteiger partial charge < -0.3 is 9.84 Å². The van der Waals surface area contributed by atoms with Crippen molar-refractivity contribution in [2.45, 2.75) is 33.3 Å². The molecule has 0 aliphatic heterocycles. The fourth-order valence-electron chi connectivity index (χ4n) is 2.60. The van der Waals surface area contributed by atoms with E-state index in [-0.39, 0.29) is 12.5 Å². The number of pyridine rings is 1. The van der Waals surface area contributed by atoms with E-state index in [1.165, 1.54) is 0 Å². The van der Waals surface area contributed by atoms with Crippen molar-refractivity contribution in [2.75, 3.05) is 6.61 Å². The van der Waals surface area contributed by atoms with E-state index in [4.69, 9.17) is 4.74 Å². The summed E-state index contributed by atoms with van der Waals surface area (Å²) < 4.78 is 7.49. The fourth-order valence-corrected chi connectivity index (χ4v) is 2.60. The average Bonchev–Trinajstić information content (AvgIpc) is 2.99. The predicted octanol–water partition coefficient (Wildman–Crippen LogP) is 4.76. The van der Waals surface area contributed by atoms with Gasteiger partial charge in [-0.15, -0.1) is 10.2 Å². The van der Waals surface area contributed by atoms with Crippen molar-refractivity contribution in [3.63, 3.8) is 0 Å². The number of fused-ring (bicyclic) bond motifs is 1. The quantitative estimate of drug-likeness (QED) is 0.658. The number of para-hydroxylation sites is 1. The maximum absolute atomic E-state index is 9.32. The Balaban J connectivity index is 2.07. The molecular formula is C19H22N4O2. The summed E-state index contributed by atoms with van der Waals surface area (Å²) in [5.41, 5.74) is 3.12. The van der Waals surface area contributed by atoms with Gasteiger partial charge in [0.15, 0.2) is 5.82 Å². The van der Waals surface area contributed by atoms with Gasteiger partial charge in [-0.1, -0.05) is 26.0 Å². The Bertz CT molecular complexity index is 900. The minimum Gasteiger partial charge on any atom is -0.492 e. The van der Waals surface area contributed by atoms with Gasteiger partial charge in [0.2, 0.25) is 0 Å². The SMILES string of the molecule is CCOc1ccccc1N=Nc1c(C(C)C)nc2cc(CO)ccn12. The van der Waals surface area contributed by atoms with Crippen molar-refractivity contribution in [1.29, 1.82) is 0 Å². The predicted molar refractivity (Wildman–Crippen MR) is 97.0 cm³/mol. The van der Waals surface area contributed by atoms with Crippen LogP contribution in [0.1, 0.15) is 37.9 Å². The number of benzene rings is 1. The molecule has 0 unspecified atom stereocenters. The number of ether oxygens (including phenoxy) is 1. The van der Waals surface area contributed by atoms with Crippen molar-refractivity contribution in [1.82, 2.24) is 9.38 Å². The summed E-state index contributed by atoms with van der Waals surface area (Å²) in [5.74, 6) is 1.60. The van der Waals surface area contributed by atoms with Crippen LogP contribution in [0.2, 0.25) is 0 Å². The highest BCUT2D eigenvalue weighted by atomic mass is 16.5. The zero-order valence-corrected chi connectivity index (χ0v) is 14.7. The number of hydrogen-bond acceptors (Lipinski definition) is 5. The molecule has 0 spiro atoms. The van der Waals surface area contributed by atoms with Gasteiger partial charge in [0.1, 0.15) is 17.1 Å². The molecule has 0 aliphatic carbocycles. The highest BCUT2D eigenvalue weighted by Crippen LogP contribution is 2.32. The maximum Gasteiger partial charge on any atom is 0.183 e. The molecule has 0 amide bonds. The molecular weight excluding hydrogens is 316 g/mol. The zero-order valence-electron chi connectivity index (χ0n) is 14.7. The highest BCUT2D eigenvalue weighted by molar-refractivity contribution is 5.55. The van der Waals surface area contributed by atoms with E-state index in [2.05, 4.69) is 29.1 Å². The fraction of sp³-hybridized carbons (Fsp3) is 0.316. The number of aliphatic hydroxyl groups excluding tert-OH is 1. The summed E-state index contributed by atoms with van der Waals surface area (Å²) in [7, 11) is 0. The number of aliphatic hydroxyl groups is 1. The molecule has 0 saturated heterocycles. The van der Waals surface area contributed by atoms with Crippen LogP contribution in [0.25, 0.3) is 5.65 Å². The molecule has 0 atom stereocenters. The van der Waals surface area contributed by atoms with Crippen LogP contribution in [0.5, 0.6) is 5.75 Å². The molecule has 0 fully saturated rings. The lowest BCUT2D eigenvalue weighted by atomic mass is 10.1. The molecule has 0 radical (unpaired) electrons. The van der Waals surface area contributed by atoms with Crippen molar-refractivity contribution in [2.24, 2.45) is 10.2 Å². The number of azo groups is 1. The molecule has 3 aromatic rings. The molecule has 1 aromatic carbocycles. The standard InChI is InChI=1S/C19H22N4O2/c1-4-25-16-8-6-5-7-15(16)21-22-19-18(13(2)3)20-17-11-14(12-24)9-10-23(17)19/h5-11,13,24H,4,12H2,1-3H3. The Kier molecular flexibility index (Phi) is 5.09. The normalized spacial score (nSPS) is 11.7. The van der Waals surface area contributed by atoms with Gasteiger partial charge in [-0.2, -0.15) is 0 Å². The molecule has 0 aliphatic rings. The Morgan fingerprint density at radius 2 is 2.00 bits per heavy atom. The van der Waals surface area contributed by atoms with E-state index >= 15 is 0 Å². The van der Waals surface area contributed by atoms with Crippen molar-refractivity contribution in [3.05, 3.63) is 53.9 Å². The number of rotatable bonds is 6. The topological polar surface area (TPSA) is 71.5 Å². The minimum absolute atomic E-state index is 0.0149. The second-order valence-corrected chi connectivity index (χ2v) is 6.00. The van der Waals surface area contributed by atoms with Crippen LogP contribution in [0.4, 0.5) is 11.5 Å². The maximum atomic E-state index is 9.32. The Morgan fingerprint density at radius 3 is 2.72 bits per heavy atom. The summed E-state index contributed by atoms with van der Waals surface area (Å²) in [5, 5.41) is 18.2. The summed E-state index contributed by atoms with van der Waals surface area (Å²) in [6.07, 6.45) is 1.86. The van der Waals surface area contributed by atoms with Crippen molar-refractivity contribution >= 4 is 17.2 Å². The first-order chi connectivity index (χ1) is 12.1. The van der Waals surface area contributed by atoms with E-state index in [0.29, 0.717) is 23.9 Å². The Hall–Kier alpha value is -2.73. The highest BCUT2D eigenvalue weighted by Gasteiger charge is 2.15. The Morgan fingerprint density at radius 1 is 1.20 bits per heavy atom. The summed E-state index contributed by atoms with van der Waals surface area (Å²) in [6, 6.07) is 11.3. The van der Waals surface area contributed by atoms with E-state index in [0.717, 1.165) is 16.9 Å². The van der Waals surface area contributed by atoms with Gasteiger partial charge in [-0.05, 0) is 42.7 Å². The number of hydrogen-bond donors (Lipinski definition) is 1. The summed E-state index contributed by atoms with van der Waals surface area (Å²) >= 11 is 0. The Labute approximate surface area is 146 Å². The first kappa shape index (κ1) is 17.1. The molecule has 25 heavy (non-hydrogen) atoms. The lowest BCUT2D eigenvalue weighted by Crippen LogP contribution is -1.91. The third-order valence-electron chi connectivity index (χ3n) is 3.84. The van der Waals surface area contributed by atoms with E-state index < -0.39 is 0 Å². The third kappa shape index (κ3) is 3.53. The number of imidazole rings is 1. The molecule has 1 N–H and O–H groups in total. The molecule has 6 nitrogen and oxygen atoms in total. The summed E-state index contributed by atoms with van der Waals surface area (Å²) in [4.78, 5) is 4.66. The monoisotopic (exact) mass is 338 g/mol. The van der Waals surface area contributed by atoms with E-state index in [1.54, 1.807) is 0 Å². The summed E-state index contributed by atoms with van der Waals surface area (Å²) in [6.45, 7) is 6.64. The zero-order chi connectivity index (χ0) is 17.8. The first-order valence-corrected chi connectivity index (χ1v) is 8.39. The van der Waals surface area contributed by atoms with Crippen LogP contribution >= 0.6 is 0 Å². The minimum atomic E-state index is -0.0149. The second-order valence-electron chi connectivity index (χ2n) is 6.00. The largest absolute Gasteiger partial charge is 0.492 e. The second kappa shape index (κ2) is 7.44. The molecule has 0 bridgehead atoms. The average molecular weight is 338 g/mol. The van der Waals surface area contributed by atoms with Crippen LogP contribution in [0.3, 0.4) is 0 Å².